The zero-order chi connectivity index (χ0) is 11.6. The van der Waals surface area contributed by atoms with E-state index in [1.807, 2.05) is 0 Å². The summed E-state index contributed by atoms with van der Waals surface area (Å²) in [6.07, 6.45) is 0. The molecule has 0 heterocycles. The maximum atomic E-state index is 11.1. The average Bonchev–Trinajstić information content (AvgIpc) is 1.99. The Hall–Kier alpha value is -1.20. The summed E-state index contributed by atoms with van der Waals surface area (Å²) in [5.41, 5.74) is 1.90. The van der Waals surface area contributed by atoms with Crippen LogP contribution in [0.2, 0.25) is 0 Å². The van der Waals surface area contributed by atoms with Crippen LogP contribution in [-0.4, -0.2) is 14.5 Å². The smallest absolute Gasteiger partial charge is 0.162 e. The van der Waals surface area contributed by atoms with Crippen LogP contribution in [0.25, 0.3) is 0 Å². The van der Waals surface area contributed by atoms with E-state index in [4.69, 9.17) is 9.33 Å². The summed E-state index contributed by atoms with van der Waals surface area (Å²) in [4.78, 5) is 11.1. The van der Waals surface area contributed by atoms with Crippen LogP contribution < -0.4 is 0 Å². The Bertz CT molecular complexity index is 491. The second-order valence-electron chi connectivity index (χ2n) is 3.55. The first kappa shape index (κ1) is 11.9. The van der Waals surface area contributed by atoms with Gasteiger partial charge in [-0.3, -0.25) is 4.79 Å². The second kappa shape index (κ2) is 4.12. The zero-order valence-corrected chi connectivity index (χ0v) is 9.43. The first-order valence-electron chi connectivity index (χ1n) is 4.38. The Kier molecular flexibility index (Phi) is 3.26. The Morgan fingerprint density at radius 2 is 2.07 bits per heavy atom. The fraction of sp³-hybridized carbons (Fsp3) is 0.300. The highest BCUT2D eigenvalue weighted by molar-refractivity contribution is 7.86. The fourth-order valence-corrected chi connectivity index (χ4v) is 1.99. The van der Waals surface area contributed by atoms with Crippen molar-refractivity contribution in [2.75, 3.05) is 0 Å². The van der Waals surface area contributed by atoms with Gasteiger partial charge < -0.3 is 4.55 Å². The van der Waals surface area contributed by atoms with E-state index in [0.29, 0.717) is 11.1 Å². The number of rotatable bonds is 3. The monoisotopic (exact) mass is 227 g/mol. The number of Topliss-reactive ketones (excluding diaryl/α,β-unsaturated/α-hetero) is 1. The lowest BCUT2D eigenvalue weighted by molar-refractivity contribution is 0.101. The van der Waals surface area contributed by atoms with Gasteiger partial charge in [0.2, 0.25) is 0 Å². The normalized spacial score (nSPS) is 14.6. The van der Waals surface area contributed by atoms with Gasteiger partial charge in [-0.25, -0.2) is 8.99 Å². The molecule has 0 amide bonds. The molecule has 0 aliphatic rings. The molecule has 1 aromatic carbocycles. The van der Waals surface area contributed by atoms with Crippen molar-refractivity contribution in [3.8, 4) is 0 Å². The van der Waals surface area contributed by atoms with Crippen molar-refractivity contribution in [3.63, 3.8) is 0 Å². The fourth-order valence-electron chi connectivity index (χ4n) is 1.37. The van der Waals surface area contributed by atoms with Crippen LogP contribution in [0.4, 0.5) is 0 Å². The van der Waals surface area contributed by atoms with E-state index < -0.39 is 10.0 Å². The van der Waals surface area contributed by atoms with Crippen LogP contribution in [-0.2, 0) is 15.8 Å². The van der Waals surface area contributed by atoms with Crippen LogP contribution in [0, 0.1) is 11.7 Å². The average molecular weight is 227 g/mol. The first-order valence-corrected chi connectivity index (χ1v) is 6.07. The number of carbonyl (C=O) groups is 1. The van der Waals surface area contributed by atoms with Crippen LogP contribution >= 0.6 is 0 Å². The molecule has 0 aromatic heterocycles. The van der Waals surface area contributed by atoms with Gasteiger partial charge in [-0.15, -0.1) is 0 Å². The quantitative estimate of drug-likeness (QED) is 0.777. The molecule has 1 aromatic rings. The van der Waals surface area contributed by atoms with E-state index in [2.05, 4.69) is 0 Å². The molecular formula is C10H13NO3S. The molecule has 0 fully saturated rings. The van der Waals surface area contributed by atoms with E-state index in [1.54, 1.807) is 25.1 Å². The molecule has 82 valence electrons. The summed E-state index contributed by atoms with van der Waals surface area (Å²) in [6.45, 7) is 3.24. The van der Waals surface area contributed by atoms with E-state index in [9.17, 15) is 9.00 Å². The number of nitrogens with one attached hydrogen (secondary N) is 1. The molecule has 1 rings (SSSR count). The number of hydrogen-bond acceptors (Lipinski definition) is 3. The molecule has 1 unspecified atom stereocenters. The molecule has 0 saturated heterocycles. The molecule has 0 aliphatic carbocycles. The summed E-state index contributed by atoms with van der Waals surface area (Å²) in [6, 6.07) is 4.98. The van der Waals surface area contributed by atoms with Gasteiger partial charge in [-0.2, -0.15) is 0 Å². The number of ketones is 1. The first-order chi connectivity index (χ1) is 6.78. The summed E-state index contributed by atoms with van der Waals surface area (Å²) in [5.74, 6) is -0.330. The van der Waals surface area contributed by atoms with E-state index in [-0.39, 0.29) is 11.5 Å². The lowest BCUT2D eigenvalue weighted by Crippen LogP contribution is -2.02. The van der Waals surface area contributed by atoms with Crippen LogP contribution in [0.5, 0.6) is 0 Å². The van der Waals surface area contributed by atoms with Gasteiger partial charge in [0, 0.05) is 5.56 Å². The maximum absolute atomic E-state index is 11.1. The molecule has 4 nitrogen and oxygen atoms in total. The predicted molar refractivity (Wildman–Crippen MR) is 58.4 cm³/mol. The summed E-state index contributed by atoms with van der Waals surface area (Å²) in [7, 11) is -3.55. The highest BCUT2D eigenvalue weighted by Gasteiger charge is 2.07. The Balaban J connectivity index is 3.15. The lowest BCUT2D eigenvalue weighted by Gasteiger charge is -2.05. The molecule has 0 spiro atoms. The Morgan fingerprint density at radius 3 is 2.53 bits per heavy atom. The number of carbonyl (C=O) groups excluding carboxylic acids is 1. The van der Waals surface area contributed by atoms with E-state index in [1.165, 1.54) is 6.92 Å². The molecule has 0 saturated carbocycles. The number of hydrogen-bond donors (Lipinski definition) is 2. The molecule has 0 bridgehead atoms. The topological polar surface area (TPSA) is 78.2 Å². The van der Waals surface area contributed by atoms with Gasteiger partial charge in [-0.05, 0) is 31.5 Å². The minimum Gasteiger partial charge on any atom is -0.300 e. The van der Waals surface area contributed by atoms with E-state index >= 15 is 0 Å². The third-order valence-corrected chi connectivity index (χ3v) is 2.63. The van der Waals surface area contributed by atoms with Crippen LogP contribution in [0.15, 0.2) is 18.2 Å². The largest absolute Gasteiger partial charge is 0.300 e. The lowest BCUT2D eigenvalue weighted by atomic mass is 10.1. The maximum Gasteiger partial charge on any atom is 0.162 e. The second-order valence-corrected chi connectivity index (χ2v) is 5.12. The highest BCUT2D eigenvalue weighted by Crippen LogP contribution is 2.13. The van der Waals surface area contributed by atoms with Crippen molar-refractivity contribution >= 4 is 15.8 Å². The minimum absolute atomic E-state index is 0.0885. The van der Waals surface area contributed by atoms with Gasteiger partial charge in [0.05, 0.1) is 5.75 Å². The molecule has 0 radical (unpaired) electrons. The number of benzene rings is 1. The van der Waals surface area contributed by atoms with Crippen LogP contribution in [0.1, 0.15) is 28.4 Å². The summed E-state index contributed by atoms with van der Waals surface area (Å²) < 4.78 is 26.7. The van der Waals surface area contributed by atoms with Crippen LogP contribution in [0.3, 0.4) is 0 Å². The molecule has 0 aliphatic heterocycles. The molecule has 2 N–H and O–H groups in total. The van der Waals surface area contributed by atoms with Crippen molar-refractivity contribution < 1.29 is 13.6 Å². The van der Waals surface area contributed by atoms with Crippen molar-refractivity contribution in [2.45, 2.75) is 19.6 Å². The molecule has 15 heavy (non-hydrogen) atoms. The van der Waals surface area contributed by atoms with E-state index in [0.717, 1.165) is 5.56 Å². The van der Waals surface area contributed by atoms with Gasteiger partial charge >= 0.3 is 0 Å². The summed E-state index contributed by atoms with van der Waals surface area (Å²) in [5, 5.41) is 0. The minimum atomic E-state index is -3.55. The van der Waals surface area contributed by atoms with Crippen molar-refractivity contribution in [2.24, 2.45) is 0 Å². The van der Waals surface area contributed by atoms with Crippen molar-refractivity contribution in [1.82, 2.24) is 0 Å². The van der Waals surface area contributed by atoms with Crippen molar-refractivity contribution in [3.05, 3.63) is 34.9 Å². The van der Waals surface area contributed by atoms with Gasteiger partial charge in [-0.1, -0.05) is 11.6 Å². The third-order valence-electron chi connectivity index (χ3n) is 1.91. The highest BCUT2D eigenvalue weighted by atomic mass is 32.2. The molecular weight excluding hydrogens is 214 g/mol. The standard InChI is InChI=1S/C10H13NO3S/c1-7-3-9(6-15(11,13)14)5-10(4-7)8(2)12/h3-5H,6H2,1-2H3,(H2,11,13,14). The van der Waals surface area contributed by atoms with Gasteiger partial charge in [0.1, 0.15) is 0 Å². The molecule has 5 heteroatoms. The Labute approximate surface area is 89.1 Å². The zero-order valence-electron chi connectivity index (χ0n) is 8.61. The number of aryl methyl sites for hydroxylation is 1. The summed E-state index contributed by atoms with van der Waals surface area (Å²) >= 11 is 0. The molecule has 1 atom stereocenters. The van der Waals surface area contributed by atoms with Crippen molar-refractivity contribution in [1.29, 1.82) is 4.78 Å². The third kappa shape index (κ3) is 3.81. The Morgan fingerprint density at radius 1 is 1.47 bits per heavy atom. The SMILES string of the molecule is CC(=O)c1cc(C)cc(CS(=N)(=O)O)c1. The van der Waals surface area contributed by atoms with Gasteiger partial charge in [0.15, 0.2) is 15.8 Å². The van der Waals surface area contributed by atoms with Gasteiger partial charge in [0.25, 0.3) is 0 Å². The predicted octanol–water partition coefficient (Wildman–Crippen LogP) is 2.22.